The molecule has 0 radical (unpaired) electrons. The maximum atomic E-state index is 5.92. The van der Waals surface area contributed by atoms with Gasteiger partial charge in [0.05, 0.1) is 4.34 Å². The lowest BCUT2D eigenvalue weighted by Crippen LogP contribution is -2.05. The van der Waals surface area contributed by atoms with Crippen LogP contribution in [-0.4, -0.2) is 0 Å². The Kier molecular flexibility index (Phi) is 3.74. The third-order valence-corrected chi connectivity index (χ3v) is 3.64. The van der Waals surface area contributed by atoms with Crippen molar-refractivity contribution in [1.82, 2.24) is 0 Å². The first kappa shape index (κ1) is 11.8. The highest BCUT2D eigenvalue weighted by molar-refractivity contribution is 7.14. The summed E-state index contributed by atoms with van der Waals surface area (Å²) < 4.78 is 0.815. The van der Waals surface area contributed by atoms with Gasteiger partial charge in [0.15, 0.2) is 0 Å². The highest BCUT2D eigenvalue weighted by Crippen LogP contribution is 2.27. The Morgan fingerprint density at radius 1 is 1.25 bits per heavy atom. The predicted molar refractivity (Wildman–Crippen MR) is 72.8 cm³/mol. The van der Waals surface area contributed by atoms with Gasteiger partial charge in [-0.15, -0.1) is 11.3 Å². The minimum atomic E-state index is 0.224. The van der Waals surface area contributed by atoms with E-state index in [2.05, 4.69) is 17.6 Å². The first-order valence-electron chi connectivity index (χ1n) is 4.91. The summed E-state index contributed by atoms with van der Waals surface area (Å²) in [5.74, 6) is 0. The lowest BCUT2D eigenvalue weighted by molar-refractivity contribution is 0.891. The van der Waals surface area contributed by atoms with Gasteiger partial charge in [0.2, 0.25) is 0 Å². The topological polar surface area (TPSA) is 12.0 Å². The molecule has 2 rings (SSSR count). The lowest BCUT2D eigenvalue weighted by Gasteiger charge is -2.14. The Hall–Kier alpha value is -0.700. The normalized spacial score (nSPS) is 12.4. The Morgan fingerprint density at radius 3 is 2.69 bits per heavy atom. The van der Waals surface area contributed by atoms with Crippen LogP contribution in [-0.2, 0) is 0 Å². The van der Waals surface area contributed by atoms with E-state index in [4.69, 9.17) is 23.2 Å². The Balaban J connectivity index is 2.10. The van der Waals surface area contributed by atoms with Gasteiger partial charge in [-0.25, -0.2) is 0 Å². The number of halogens is 2. The molecule has 0 spiro atoms. The second-order valence-electron chi connectivity index (χ2n) is 3.56. The minimum absolute atomic E-state index is 0.224. The van der Waals surface area contributed by atoms with Crippen molar-refractivity contribution in [3.63, 3.8) is 0 Å². The molecule has 1 atom stereocenters. The van der Waals surface area contributed by atoms with Gasteiger partial charge in [-0.1, -0.05) is 29.3 Å². The molecule has 0 saturated heterocycles. The number of anilines is 1. The Morgan fingerprint density at radius 2 is 2.06 bits per heavy atom. The summed E-state index contributed by atoms with van der Waals surface area (Å²) in [6.45, 7) is 2.10. The third-order valence-electron chi connectivity index (χ3n) is 2.30. The summed E-state index contributed by atoms with van der Waals surface area (Å²) in [5, 5.41) is 6.17. The molecular formula is C12H11Cl2NS. The molecule has 0 aliphatic heterocycles. The van der Waals surface area contributed by atoms with Crippen LogP contribution in [0.2, 0.25) is 9.36 Å². The predicted octanol–water partition coefficient (Wildman–Crippen LogP) is 5.23. The van der Waals surface area contributed by atoms with Crippen molar-refractivity contribution < 1.29 is 0 Å². The summed E-state index contributed by atoms with van der Waals surface area (Å²) in [7, 11) is 0. The first-order chi connectivity index (χ1) is 7.65. The highest BCUT2D eigenvalue weighted by Gasteiger charge is 2.07. The van der Waals surface area contributed by atoms with Crippen molar-refractivity contribution in [3.05, 3.63) is 50.6 Å². The standard InChI is InChI=1S/C12H11Cl2NS/c1-8(9-5-12(14)16-7-9)15-11-4-2-3-10(13)6-11/h2-8,15H,1H3. The molecule has 4 heteroatoms. The van der Waals surface area contributed by atoms with Crippen LogP contribution < -0.4 is 5.32 Å². The van der Waals surface area contributed by atoms with Crippen molar-refractivity contribution in [2.24, 2.45) is 0 Å². The van der Waals surface area contributed by atoms with Gasteiger partial charge in [0.25, 0.3) is 0 Å². The summed E-state index contributed by atoms with van der Waals surface area (Å²) in [6.07, 6.45) is 0. The van der Waals surface area contributed by atoms with Crippen LogP contribution in [0.5, 0.6) is 0 Å². The van der Waals surface area contributed by atoms with E-state index in [1.54, 1.807) is 11.3 Å². The lowest BCUT2D eigenvalue weighted by atomic mass is 10.1. The van der Waals surface area contributed by atoms with Gasteiger partial charge in [-0.05, 0) is 42.1 Å². The average molecular weight is 272 g/mol. The molecule has 0 saturated carbocycles. The molecule has 0 aliphatic carbocycles. The highest BCUT2D eigenvalue weighted by atomic mass is 35.5. The van der Waals surface area contributed by atoms with Crippen LogP contribution >= 0.6 is 34.5 Å². The molecule has 16 heavy (non-hydrogen) atoms. The fraction of sp³-hybridized carbons (Fsp3) is 0.167. The summed E-state index contributed by atoms with van der Waals surface area (Å²) >= 11 is 13.4. The van der Waals surface area contributed by atoms with E-state index in [1.807, 2.05) is 30.3 Å². The largest absolute Gasteiger partial charge is 0.378 e. The van der Waals surface area contributed by atoms with Crippen LogP contribution in [0.25, 0.3) is 0 Å². The molecule has 1 heterocycles. The summed E-state index contributed by atoms with van der Waals surface area (Å²) in [5.41, 5.74) is 2.21. The average Bonchev–Trinajstić information content (AvgIpc) is 2.65. The SMILES string of the molecule is CC(Nc1cccc(Cl)c1)c1csc(Cl)c1. The van der Waals surface area contributed by atoms with Crippen LogP contribution in [0.4, 0.5) is 5.69 Å². The zero-order valence-electron chi connectivity index (χ0n) is 8.71. The number of benzene rings is 1. The van der Waals surface area contributed by atoms with Crippen molar-refractivity contribution in [2.75, 3.05) is 5.32 Å². The van der Waals surface area contributed by atoms with Gasteiger partial charge in [-0.3, -0.25) is 0 Å². The van der Waals surface area contributed by atoms with Gasteiger partial charge in [-0.2, -0.15) is 0 Å². The smallest absolute Gasteiger partial charge is 0.0931 e. The maximum Gasteiger partial charge on any atom is 0.0931 e. The zero-order chi connectivity index (χ0) is 11.5. The number of nitrogens with one attached hydrogen (secondary N) is 1. The van der Waals surface area contributed by atoms with Crippen LogP contribution in [0, 0.1) is 0 Å². The van der Waals surface area contributed by atoms with Gasteiger partial charge < -0.3 is 5.32 Å². The van der Waals surface area contributed by atoms with E-state index >= 15 is 0 Å². The molecule has 1 unspecified atom stereocenters. The molecule has 0 amide bonds. The molecule has 84 valence electrons. The van der Waals surface area contributed by atoms with Gasteiger partial charge in [0.1, 0.15) is 0 Å². The van der Waals surface area contributed by atoms with Crippen molar-refractivity contribution in [2.45, 2.75) is 13.0 Å². The molecule has 1 aromatic heterocycles. The Labute approximate surface area is 109 Å². The van der Waals surface area contributed by atoms with Gasteiger partial charge >= 0.3 is 0 Å². The number of hydrogen-bond donors (Lipinski definition) is 1. The molecule has 0 aliphatic rings. The molecule has 1 N–H and O–H groups in total. The molecule has 1 aromatic carbocycles. The minimum Gasteiger partial charge on any atom is -0.378 e. The van der Waals surface area contributed by atoms with Crippen LogP contribution in [0.15, 0.2) is 35.7 Å². The fourth-order valence-corrected chi connectivity index (χ4v) is 2.64. The summed E-state index contributed by atoms with van der Waals surface area (Å²) in [4.78, 5) is 0. The van der Waals surface area contributed by atoms with Gasteiger partial charge in [0, 0.05) is 16.8 Å². The van der Waals surface area contributed by atoms with E-state index in [0.717, 1.165) is 15.0 Å². The summed E-state index contributed by atoms with van der Waals surface area (Å²) in [6, 6.07) is 9.90. The Bertz CT molecular complexity index is 481. The second-order valence-corrected chi connectivity index (χ2v) is 5.54. The maximum absolute atomic E-state index is 5.92. The molecule has 0 fully saturated rings. The van der Waals surface area contributed by atoms with Crippen LogP contribution in [0.3, 0.4) is 0 Å². The first-order valence-corrected chi connectivity index (χ1v) is 6.55. The van der Waals surface area contributed by atoms with E-state index in [9.17, 15) is 0 Å². The number of thiophene rings is 1. The molecule has 0 bridgehead atoms. The zero-order valence-corrected chi connectivity index (χ0v) is 11.0. The molecule has 2 aromatic rings. The van der Waals surface area contributed by atoms with E-state index in [-0.39, 0.29) is 6.04 Å². The van der Waals surface area contributed by atoms with E-state index in [0.29, 0.717) is 0 Å². The van der Waals surface area contributed by atoms with Crippen molar-refractivity contribution >= 4 is 40.2 Å². The van der Waals surface area contributed by atoms with E-state index in [1.165, 1.54) is 5.56 Å². The quantitative estimate of drug-likeness (QED) is 0.806. The van der Waals surface area contributed by atoms with Crippen molar-refractivity contribution in [3.8, 4) is 0 Å². The number of rotatable bonds is 3. The second kappa shape index (κ2) is 5.09. The third kappa shape index (κ3) is 2.91. The van der Waals surface area contributed by atoms with Crippen molar-refractivity contribution in [1.29, 1.82) is 0 Å². The molecule has 1 nitrogen and oxygen atoms in total. The molecular weight excluding hydrogens is 261 g/mol. The van der Waals surface area contributed by atoms with Crippen LogP contribution in [0.1, 0.15) is 18.5 Å². The monoisotopic (exact) mass is 271 g/mol. The fourth-order valence-electron chi connectivity index (χ4n) is 1.46. The van der Waals surface area contributed by atoms with E-state index < -0.39 is 0 Å². The number of hydrogen-bond acceptors (Lipinski definition) is 2.